The number of nitrogens with zero attached hydrogens (tertiary/aromatic N) is 1. The molecule has 0 radical (unpaired) electrons. The van der Waals surface area contributed by atoms with E-state index in [9.17, 15) is 0 Å². The molecule has 0 N–H and O–H groups in total. The van der Waals surface area contributed by atoms with E-state index in [0.717, 1.165) is 0 Å². The van der Waals surface area contributed by atoms with Gasteiger partial charge in [0, 0.05) is 28.9 Å². The van der Waals surface area contributed by atoms with Gasteiger partial charge in [-0.2, -0.15) is 0 Å². The van der Waals surface area contributed by atoms with Gasteiger partial charge in [0.1, 0.15) is 0 Å². The van der Waals surface area contributed by atoms with Crippen LogP contribution < -0.4 is 0 Å². The van der Waals surface area contributed by atoms with E-state index in [-0.39, 0.29) is 21.8 Å². The van der Waals surface area contributed by atoms with Crippen LogP contribution in [0.5, 0.6) is 0 Å². The van der Waals surface area contributed by atoms with Crippen LogP contribution in [0.1, 0.15) is 21.9 Å². The van der Waals surface area contributed by atoms with Gasteiger partial charge in [-0.1, -0.05) is 72.5 Å². The lowest BCUT2D eigenvalue weighted by molar-refractivity contribution is 1.01. The molecule has 1 heteroatoms. The van der Waals surface area contributed by atoms with Crippen LogP contribution in [0.2, 0.25) is 0 Å². The zero-order chi connectivity index (χ0) is 31.4. The van der Waals surface area contributed by atoms with Crippen molar-refractivity contribution in [2.45, 2.75) is 0 Å². The molecule has 26 heavy (non-hydrogen) atoms. The molecule has 5 aromatic rings. The van der Waals surface area contributed by atoms with Crippen LogP contribution in [0.4, 0.5) is 0 Å². The molecule has 0 spiro atoms. The number of fused-ring (bicyclic) bond motifs is 3. The molecule has 1 aromatic heterocycles. The highest BCUT2D eigenvalue weighted by Gasteiger charge is 2.10. The molecule has 0 aliphatic heterocycles. The van der Waals surface area contributed by atoms with Crippen LogP contribution >= 0.6 is 0 Å². The van der Waals surface area contributed by atoms with Crippen molar-refractivity contribution >= 4 is 21.8 Å². The van der Waals surface area contributed by atoms with Gasteiger partial charge in [0.25, 0.3) is 0 Å². The first-order valence-electron chi connectivity index (χ1n) is 15.6. The van der Waals surface area contributed by atoms with Crippen molar-refractivity contribution in [1.82, 2.24) is 4.57 Å². The number of rotatable bonds is 2. The molecule has 0 bridgehead atoms. The molecular weight excluding hydrogens is 314 g/mol. The maximum Gasteiger partial charge on any atom is 0.0645 e. The fourth-order valence-corrected chi connectivity index (χ4v) is 2.78. The maximum atomic E-state index is 9.07. The zero-order valence-electron chi connectivity index (χ0n) is 29.4. The van der Waals surface area contributed by atoms with Gasteiger partial charge in [0.2, 0.25) is 0 Å². The largest absolute Gasteiger partial charge is 0.344 e. The van der Waals surface area contributed by atoms with Crippen molar-refractivity contribution in [3.8, 4) is 22.3 Å². The van der Waals surface area contributed by atoms with Crippen LogP contribution in [-0.4, -0.2) is 4.57 Å². The Morgan fingerprint density at radius 3 is 1.38 bits per heavy atom. The van der Waals surface area contributed by atoms with E-state index in [1.54, 1.807) is 0 Å². The van der Waals surface area contributed by atoms with Gasteiger partial charge >= 0.3 is 0 Å². The van der Waals surface area contributed by atoms with Gasteiger partial charge in [-0.15, -0.1) is 0 Å². The van der Waals surface area contributed by atoms with Gasteiger partial charge in [-0.25, -0.2) is 0 Å². The highest BCUT2D eigenvalue weighted by molar-refractivity contribution is 6.10. The van der Waals surface area contributed by atoms with Crippen molar-refractivity contribution in [3.05, 3.63) is 96.7 Å². The summed E-state index contributed by atoms with van der Waals surface area (Å²) in [5.41, 5.74) is -2.14. The Morgan fingerprint density at radius 1 is 0.538 bits per heavy atom. The smallest absolute Gasteiger partial charge is 0.0645 e. The van der Waals surface area contributed by atoms with Crippen LogP contribution in [0.3, 0.4) is 0 Å². The van der Waals surface area contributed by atoms with Gasteiger partial charge in [0.15, 0.2) is 0 Å². The Kier molecular flexibility index (Phi) is 1.33. The Labute approximate surface area is 175 Å². The van der Waals surface area contributed by atoms with Gasteiger partial charge in [-0.3, -0.25) is 0 Å². The Bertz CT molecular complexity index is 1860. The number of hydrogen-bond acceptors (Lipinski definition) is 0. The highest BCUT2D eigenvalue weighted by Crippen LogP contribution is 2.34. The first kappa shape index (κ1) is 5.85. The SMILES string of the molecule is [2H]c1c([2H])c([2H])c(-c2c([2H])c([2H])c3c(c2[2H])c2c([2H])c(-c4c([2H])c([2H])c([2H])c([2H])c4[2H])c([2H])c([2H])c2n3C)c([2H])c1[2H]. The van der Waals surface area contributed by atoms with Gasteiger partial charge in [-0.05, 0) is 46.4 Å². The minimum absolute atomic E-state index is 0.101. The lowest BCUT2D eigenvalue weighted by Crippen LogP contribution is -1.86. The second-order valence-electron chi connectivity index (χ2n) is 5.51. The lowest BCUT2D eigenvalue weighted by atomic mass is 10.0. The van der Waals surface area contributed by atoms with Crippen LogP contribution in [0.25, 0.3) is 44.1 Å². The van der Waals surface area contributed by atoms with Crippen molar-refractivity contribution in [1.29, 1.82) is 0 Å². The molecule has 1 nitrogen and oxygen atoms in total. The molecule has 0 atom stereocenters. The minimum atomic E-state index is -0.716. The molecule has 0 aliphatic rings. The van der Waals surface area contributed by atoms with E-state index < -0.39 is 119 Å². The van der Waals surface area contributed by atoms with Gasteiger partial charge < -0.3 is 4.57 Å². The summed E-state index contributed by atoms with van der Waals surface area (Å²) in [6, 6.07) is -10.6. The van der Waals surface area contributed by atoms with Gasteiger partial charge in [0.05, 0.1) is 21.9 Å². The molecular formula is C25H19N. The molecule has 0 aliphatic carbocycles. The predicted molar refractivity (Wildman–Crippen MR) is 111 cm³/mol. The third-order valence-electron chi connectivity index (χ3n) is 4.01. The quantitative estimate of drug-likeness (QED) is 0.335. The van der Waals surface area contributed by atoms with Crippen molar-refractivity contribution in [2.24, 2.45) is 7.05 Å². The van der Waals surface area contributed by atoms with E-state index in [0.29, 0.717) is 0 Å². The van der Waals surface area contributed by atoms with Crippen molar-refractivity contribution in [2.75, 3.05) is 0 Å². The fourth-order valence-electron chi connectivity index (χ4n) is 2.78. The van der Waals surface area contributed by atoms with E-state index in [4.69, 9.17) is 21.9 Å². The lowest BCUT2D eigenvalue weighted by Gasteiger charge is -2.03. The Hall–Kier alpha value is -3.32. The second-order valence-corrected chi connectivity index (χ2v) is 5.51. The molecule has 0 amide bonds. The first-order valence-corrected chi connectivity index (χ1v) is 7.64. The van der Waals surface area contributed by atoms with Crippen molar-refractivity contribution < 1.29 is 21.9 Å². The number of benzene rings is 4. The average molecular weight is 350 g/mol. The summed E-state index contributed by atoms with van der Waals surface area (Å²) < 4.78 is 136. The molecule has 0 unspecified atom stereocenters. The summed E-state index contributed by atoms with van der Waals surface area (Å²) in [6.45, 7) is 0. The molecule has 0 saturated carbocycles. The summed E-state index contributed by atoms with van der Waals surface area (Å²) >= 11 is 0. The van der Waals surface area contributed by atoms with E-state index in [2.05, 4.69) is 0 Å². The summed E-state index contributed by atoms with van der Waals surface area (Å²) in [5.74, 6) is 0. The van der Waals surface area contributed by atoms with E-state index in [1.165, 1.54) is 11.6 Å². The predicted octanol–water partition coefficient (Wildman–Crippen LogP) is 6.67. The topological polar surface area (TPSA) is 4.93 Å². The zero-order valence-corrected chi connectivity index (χ0v) is 13.4. The maximum absolute atomic E-state index is 9.07. The second kappa shape index (κ2) is 5.89. The summed E-state index contributed by atoms with van der Waals surface area (Å²) in [4.78, 5) is 0. The van der Waals surface area contributed by atoms with E-state index >= 15 is 0 Å². The minimum Gasteiger partial charge on any atom is -0.344 e. The molecule has 5 rings (SSSR count). The normalized spacial score (nSPS) is 19.9. The summed E-state index contributed by atoms with van der Waals surface area (Å²) in [6.07, 6.45) is 0. The Balaban J connectivity index is 2.07. The first-order chi connectivity index (χ1) is 19.5. The van der Waals surface area contributed by atoms with Crippen LogP contribution in [0, 0.1) is 0 Å². The highest BCUT2D eigenvalue weighted by atomic mass is 14.9. The molecule has 4 aromatic carbocycles. The third kappa shape index (κ3) is 2.33. The number of aromatic nitrogens is 1. The summed E-state index contributed by atoms with van der Waals surface area (Å²) in [5, 5.41) is -0.384. The molecule has 124 valence electrons. The molecule has 0 fully saturated rings. The average Bonchev–Trinajstić information content (AvgIpc) is 3.27. The summed E-state index contributed by atoms with van der Waals surface area (Å²) in [7, 11) is 1.40. The molecule has 1 heterocycles. The molecule has 0 saturated heterocycles. The number of hydrogen-bond donors (Lipinski definition) is 0. The Morgan fingerprint density at radius 2 is 0.962 bits per heavy atom. The van der Waals surface area contributed by atoms with Crippen LogP contribution in [0.15, 0.2) is 96.7 Å². The monoisotopic (exact) mass is 349 g/mol. The third-order valence-corrected chi connectivity index (χ3v) is 4.01. The fraction of sp³-hybridized carbons (Fsp3) is 0.0400. The van der Waals surface area contributed by atoms with Crippen molar-refractivity contribution in [3.63, 3.8) is 0 Å². The number of aryl methyl sites for hydroxylation is 1. The standard InChI is InChI=1S/C25H19N/c1-26-24-14-12-20(18-8-4-2-5-9-18)16-22(24)23-17-21(13-15-25(23)26)19-10-6-3-7-11-19/h2-17H,1H3/i2D,3D,4D,5D,6D,7D,8D,9D,10D,11D,12D,13D,14D,15D,16D,17D. The van der Waals surface area contributed by atoms with Crippen LogP contribution in [-0.2, 0) is 7.05 Å². The van der Waals surface area contributed by atoms with E-state index in [1.807, 2.05) is 0 Å².